The number of hydrogen-bond acceptors (Lipinski definition) is 4. The van der Waals surface area contributed by atoms with E-state index >= 15 is 0 Å². The molecule has 5 nitrogen and oxygen atoms in total. The van der Waals surface area contributed by atoms with Crippen LogP contribution in [0, 0.1) is 5.92 Å². The molecule has 1 fully saturated rings. The number of carbonyl (C=O) groups excluding carboxylic acids is 1. The number of carbonyl (C=O) groups is 1. The molecule has 1 aliphatic heterocycles. The highest BCUT2D eigenvalue weighted by Crippen LogP contribution is 2.42. The molecule has 3 heterocycles. The van der Waals surface area contributed by atoms with Gasteiger partial charge >= 0.3 is 5.97 Å². The lowest BCUT2D eigenvalue weighted by Crippen LogP contribution is -2.32. The minimum Gasteiger partial charge on any atom is -0.465 e. The van der Waals surface area contributed by atoms with E-state index in [1.54, 1.807) is 0 Å². The van der Waals surface area contributed by atoms with E-state index in [4.69, 9.17) is 4.74 Å². The van der Waals surface area contributed by atoms with Crippen LogP contribution in [0.5, 0.6) is 0 Å². The Labute approximate surface area is 194 Å². The second-order valence-corrected chi connectivity index (χ2v) is 8.86. The highest BCUT2D eigenvalue weighted by molar-refractivity contribution is 6.11. The lowest BCUT2D eigenvalue weighted by atomic mass is 9.82. The third-order valence-electron chi connectivity index (χ3n) is 6.89. The van der Waals surface area contributed by atoms with Crippen molar-refractivity contribution in [3.63, 3.8) is 0 Å². The summed E-state index contributed by atoms with van der Waals surface area (Å²) >= 11 is 0. The van der Waals surface area contributed by atoms with Crippen molar-refractivity contribution in [1.29, 1.82) is 0 Å². The number of ether oxygens (including phenoxy) is 1. The van der Waals surface area contributed by atoms with Crippen molar-refractivity contribution in [2.75, 3.05) is 20.2 Å². The van der Waals surface area contributed by atoms with Crippen LogP contribution in [0.3, 0.4) is 0 Å². The van der Waals surface area contributed by atoms with Crippen LogP contribution >= 0.6 is 0 Å². The molecule has 2 unspecified atom stereocenters. The average molecular weight is 440 g/mol. The number of aromatic nitrogens is 2. The number of methoxy groups -OCH3 is 1. The molecular weight excluding hydrogens is 410 g/mol. The van der Waals surface area contributed by atoms with Crippen molar-refractivity contribution in [2.24, 2.45) is 5.92 Å². The fourth-order valence-electron chi connectivity index (χ4n) is 5.10. The predicted molar refractivity (Wildman–Crippen MR) is 132 cm³/mol. The standard InChI is InChI=1S/C28H29N3O2/c1-18(20-10-7-13-29-15-20)27-25(26-23(28(32)33-2)11-6-12-24(26)31-27)22-14-21(16-30-17-22)19-8-4-3-5-9-19/h3-6,8-9,11-12,14,16-18,20,29,31H,7,10,13,15H2,1-2H3. The molecule has 168 valence electrons. The number of pyridine rings is 1. The van der Waals surface area contributed by atoms with E-state index in [-0.39, 0.29) is 5.97 Å². The number of fused-ring (bicyclic) bond motifs is 1. The van der Waals surface area contributed by atoms with Gasteiger partial charge in [0, 0.05) is 51.6 Å². The molecular formula is C28H29N3O2. The monoisotopic (exact) mass is 439 g/mol. The van der Waals surface area contributed by atoms with Crippen LogP contribution in [0.2, 0.25) is 0 Å². The smallest absolute Gasteiger partial charge is 0.338 e. The summed E-state index contributed by atoms with van der Waals surface area (Å²) in [5.41, 5.74) is 6.90. The molecule has 0 radical (unpaired) electrons. The highest BCUT2D eigenvalue weighted by Gasteiger charge is 2.28. The Kier molecular flexibility index (Phi) is 5.97. The summed E-state index contributed by atoms with van der Waals surface area (Å²) in [6.07, 6.45) is 6.17. The third kappa shape index (κ3) is 4.05. The maximum atomic E-state index is 12.7. The van der Waals surface area contributed by atoms with Crippen molar-refractivity contribution >= 4 is 16.9 Å². The van der Waals surface area contributed by atoms with Crippen LogP contribution in [-0.4, -0.2) is 36.1 Å². The van der Waals surface area contributed by atoms with Crippen molar-refractivity contribution in [3.8, 4) is 22.3 Å². The molecule has 2 N–H and O–H groups in total. The summed E-state index contributed by atoms with van der Waals surface area (Å²) in [5.74, 6) is 0.495. The van der Waals surface area contributed by atoms with Crippen LogP contribution in [0.4, 0.5) is 0 Å². The van der Waals surface area contributed by atoms with Crippen LogP contribution in [-0.2, 0) is 4.74 Å². The van der Waals surface area contributed by atoms with E-state index in [1.165, 1.54) is 20.0 Å². The highest BCUT2D eigenvalue weighted by atomic mass is 16.5. The van der Waals surface area contributed by atoms with Crippen LogP contribution in [0.15, 0.2) is 67.0 Å². The molecule has 0 aliphatic carbocycles. The second kappa shape index (κ2) is 9.20. The Morgan fingerprint density at radius 1 is 1.06 bits per heavy atom. The Balaban J connectivity index is 1.73. The molecule has 1 aliphatic rings. The largest absolute Gasteiger partial charge is 0.465 e. The fraction of sp³-hybridized carbons (Fsp3) is 0.286. The van der Waals surface area contributed by atoms with Gasteiger partial charge in [-0.25, -0.2) is 4.79 Å². The number of benzene rings is 2. The van der Waals surface area contributed by atoms with Crippen molar-refractivity contribution < 1.29 is 9.53 Å². The number of rotatable bonds is 5. The minimum absolute atomic E-state index is 0.297. The van der Waals surface area contributed by atoms with Crippen molar-refractivity contribution in [2.45, 2.75) is 25.7 Å². The maximum absolute atomic E-state index is 12.7. The van der Waals surface area contributed by atoms with Crippen LogP contribution < -0.4 is 5.32 Å². The fourth-order valence-corrected chi connectivity index (χ4v) is 5.10. The first-order valence-electron chi connectivity index (χ1n) is 11.6. The van der Waals surface area contributed by atoms with Gasteiger partial charge in [0.2, 0.25) is 0 Å². The van der Waals surface area contributed by atoms with Gasteiger partial charge in [0.25, 0.3) is 0 Å². The van der Waals surface area contributed by atoms with Gasteiger partial charge in [0.05, 0.1) is 12.7 Å². The Hall–Kier alpha value is -3.44. The quantitative estimate of drug-likeness (QED) is 0.387. The first-order chi connectivity index (χ1) is 16.2. The van der Waals surface area contributed by atoms with E-state index in [9.17, 15) is 4.79 Å². The van der Waals surface area contributed by atoms with E-state index in [0.717, 1.165) is 51.9 Å². The van der Waals surface area contributed by atoms with E-state index in [0.29, 0.717) is 17.4 Å². The topological polar surface area (TPSA) is 67.0 Å². The molecule has 2 aromatic carbocycles. The summed E-state index contributed by atoms with van der Waals surface area (Å²) in [5, 5.41) is 4.45. The Morgan fingerprint density at radius 3 is 2.64 bits per heavy atom. The van der Waals surface area contributed by atoms with Gasteiger partial charge < -0.3 is 15.0 Å². The summed E-state index contributed by atoms with van der Waals surface area (Å²) in [4.78, 5) is 21.0. The predicted octanol–water partition coefficient (Wildman–Crippen LogP) is 5.79. The van der Waals surface area contributed by atoms with Gasteiger partial charge in [-0.1, -0.05) is 43.3 Å². The van der Waals surface area contributed by atoms with E-state index in [2.05, 4.69) is 40.4 Å². The normalized spacial score (nSPS) is 17.1. The zero-order valence-corrected chi connectivity index (χ0v) is 19.1. The molecule has 2 aromatic heterocycles. The van der Waals surface area contributed by atoms with E-state index in [1.807, 2.05) is 48.8 Å². The van der Waals surface area contributed by atoms with Gasteiger partial charge in [0.15, 0.2) is 0 Å². The molecule has 5 rings (SSSR count). The molecule has 4 aromatic rings. The number of H-pyrrole nitrogens is 1. The lowest BCUT2D eigenvalue weighted by Gasteiger charge is -2.28. The molecule has 0 spiro atoms. The number of esters is 1. The molecule has 33 heavy (non-hydrogen) atoms. The molecule has 0 saturated carbocycles. The van der Waals surface area contributed by atoms with Gasteiger partial charge in [-0.3, -0.25) is 4.98 Å². The van der Waals surface area contributed by atoms with E-state index < -0.39 is 0 Å². The Bertz CT molecular complexity index is 1270. The van der Waals surface area contributed by atoms with Gasteiger partial charge in [-0.15, -0.1) is 0 Å². The third-order valence-corrected chi connectivity index (χ3v) is 6.89. The number of nitrogens with one attached hydrogen (secondary N) is 2. The second-order valence-electron chi connectivity index (χ2n) is 8.86. The van der Waals surface area contributed by atoms with Crippen LogP contribution in [0.25, 0.3) is 33.2 Å². The summed E-state index contributed by atoms with van der Waals surface area (Å²) in [7, 11) is 1.43. The van der Waals surface area contributed by atoms with Gasteiger partial charge in [0.1, 0.15) is 0 Å². The number of aromatic amines is 1. The molecule has 0 bridgehead atoms. The number of hydrogen-bond donors (Lipinski definition) is 2. The SMILES string of the molecule is COC(=O)c1cccc2[nH]c(C(C)C3CCCNC3)c(-c3cncc(-c4ccccc4)c3)c12. The minimum atomic E-state index is -0.327. The summed E-state index contributed by atoms with van der Waals surface area (Å²) in [6, 6.07) is 18.2. The first kappa shape index (κ1) is 21.4. The Morgan fingerprint density at radius 2 is 1.88 bits per heavy atom. The van der Waals surface area contributed by atoms with Gasteiger partial charge in [-0.2, -0.15) is 0 Å². The number of piperidine rings is 1. The summed E-state index contributed by atoms with van der Waals surface area (Å²) in [6.45, 7) is 4.37. The molecule has 1 saturated heterocycles. The van der Waals surface area contributed by atoms with Crippen molar-refractivity contribution in [1.82, 2.24) is 15.3 Å². The zero-order valence-electron chi connectivity index (χ0n) is 19.1. The van der Waals surface area contributed by atoms with Gasteiger partial charge in [-0.05, 0) is 55.6 Å². The molecule has 2 atom stereocenters. The van der Waals surface area contributed by atoms with Crippen molar-refractivity contribution in [3.05, 3.63) is 78.2 Å². The summed E-state index contributed by atoms with van der Waals surface area (Å²) < 4.78 is 5.14. The first-order valence-corrected chi connectivity index (χ1v) is 11.6. The van der Waals surface area contributed by atoms with Crippen LogP contribution in [0.1, 0.15) is 41.7 Å². The lowest BCUT2D eigenvalue weighted by molar-refractivity contribution is 0.0603. The maximum Gasteiger partial charge on any atom is 0.338 e. The molecule has 5 heteroatoms. The number of nitrogens with zero attached hydrogens (tertiary/aromatic N) is 1. The molecule has 0 amide bonds. The zero-order chi connectivity index (χ0) is 22.8. The average Bonchev–Trinajstić information content (AvgIpc) is 3.28.